The number of anilines is 2. The van der Waals surface area contributed by atoms with Crippen molar-refractivity contribution in [2.75, 3.05) is 36.8 Å². The summed E-state index contributed by atoms with van der Waals surface area (Å²) in [6.07, 6.45) is 4.87. The van der Waals surface area contributed by atoms with Crippen LogP contribution in [-0.2, 0) is 10.0 Å². The lowest BCUT2D eigenvalue weighted by atomic mass is 10.1. The Morgan fingerprint density at radius 3 is 2.50 bits per heavy atom. The predicted molar refractivity (Wildman–Crippen MR) is 164 cm³/mol. The van der Waals surface area contributed by atoms with Gasteiger partial charge in [-0.15, -0.1) is 11.3 Å². The summed E-state index contributed by atoms with van der Waals surface area (Å²) in [5.41, 5.74) is 0.915. The maximum atomic E-state index is 15.2. The number of piperidine rings is 1. The quantitative estimate of drug-likeness (QED) is 0.227. The summed E-state index contributed by atoms with van der Waals surface area (Å²) in [6.45, 7) is 7.57. The van der Waals surface area contributed by atoms with Gasteiger partial charge in [-0.25, -0.2) is 27.3 Å². The van der Waals surface area contributed by atoms with Gasteiger partial charge in [0.05, 0.1) is 16.6 Å². The third-order valence-corrected chi connectivity index (χ3v) is 9.94. The van der Waals surface area contributed by atoms with Gasteiger partial charge in [-0.2, -0.15) is 0 Å². The molecular formula is C29H33FN6O4S2. The molecular weight excluding hydrogens is 579 g/mol. The number of halogens is 1. The minimum atomic E-state index is -4.06. The maximum absolute atomic E-state index is 15.2. The number of hydrogen-bond acceptors (Lipinski definition) is 8. The highest BCUT2D eigenvalue weighted by Gasteiger charge is 2.20. The first-order valence-electron chi connectivity index (χ1n) is 13.8. The van der Waals surface area contributed by atoms with Crippen molar-refractivity contribution in [2.45, 2.75) is 43.7 Å². The van der Waals surface area contributed by atoms with Crippen LogP contribution < -0.4 is 20.9 Å². The number of hydrogen-bond donors (Lipinski definition) is 3. The summed E-state index contributed by atoms with van der Waals surface area (Å²) >= 11 is 1.02. The number of carbonyl (C=O) groups excluding carboxylic acids is 1. The molecule has 0 unspecified atom stereocenters. The van der Waals surface area contributed by atoms with Crippen LogP contribution in [0.25, 0.3) is 16.6 Å². The van der Waals surface area contributed by atoms with Gasteiger partial charge in [-0.05, 0) is 101 Å². The molecule has 0 aliphatic carbocycles. The van der Waals surface area contributed by atoms with Crippen molar-refractivity contribution in [3.05, 3.63) is 75.4 Å². The minimum Gasteiger partial charge on any atom is -0.385 e. The van der Waals surface area contributed by atoms with E-state index in [0.29, 0.717) is 16.7 Å². The molecule has 1 saturated heterocycles. The monoisotopic (exact) mass is 612 g/mol. The summed E-state index contributed by atoms with van der Waals surface area (Å²) in [4.78, 5) is 33.5. The highest BCUT2D eigenvalue weighted by atomic mass is 32.2. The predicted octanol–water partition coefficient (Wildman–Crippen LogP) is 5.00. The van der Waals surface area contributed by atoms with E-state index in [-0.39, 0.29) is 15.6 Å². The lowest BCUT2D eigenvalue weighted by Crippen LogP contribution is -2.34. The first-order chi connectivity index (χ1) is 20.1. The molecule has 0 spiro atoms. The first-order valence-corrected chi connectivity index (χ1v) is 16.1. The van der Waals surface area contributed by atoms with Gasteiger partial charge in [0.25, 0.3) is 15.6 Å². The van der Waals surface area contributed by atoms with Crippen LogP contribution in [0.2, 0.25) is 0 Å². The van der Waals surface area contributed by atoms with E-state index in [0.717, 1.165) is 47.5 Å². The molecule has 3 heterocycles. The van der Waals surface area contributed by atoms with Gasteiger partial charge >= 0.3 is 6.03 Å². The van der Waals surface area contributed by atoms with Gasteiger partial charge in [-0.3, -0.25) is 9.36 Å². The van der Waals surface area contributed by atoms with Crippen molar-refractivity contribution >= 4 is 49.7 Å². The third-order valence-electron chi connectivity index (χ3n) is 7.12. The number of benzene rings is 2. The number of thiophene rings is 1. The maximum Gasteiger partial charge on any atom is 0.333 e. The normalized spacial score (nSPS) is 14.2. The van der Waals surface area contributed by atoms with E-state index in [1.807, 2.05) is 16.9 Å². The molecule has 5 rings (SSSR count). The molecule has 0 saturated carbocycles. The van der Waals surface area contributed by atoms with Crippen molar-refractivity contribution in [1.82, 2.24) is 19.2 Å². The fourth-order valence-corrected chi connectivity index (χ4v) is 7.25. The molecule has 10 nitrogen and oxygen atoms in total. The van der Waals surface area contributed by atoms with Crippen LogP contribution in [0.1, 0.15) is 36.4 Å². The van der Waals surface area contributed by atoms with Crippen LogP contribution in [-0.4, -0.2) is 55.1 Å². The van der Waals surface area contributed by atoms with E-state index in [1.54, 1.807) is 26.0 Å². The number of urea groups is 1. The average molecular weight is 613 g/mol. The highest BCUT2D eigenvalue weighted by molar-refractivity contribution is 7.92. The van der Waals surface area contributed by atoms with Gasteiger partial charge in [0.2, 0.25) is 0 Å². The lowest BCUT2D eigenvalue weighted by Gasteiger charge is -2.26. The molecule has 1 aliphatic heterocycles. The second-order valence-corrected chi connectivity index (χ2v) is 13.5. The molecule has 2 aromatic carbocycles. The fourth-order valence-electron chi connectivity index (χ4n) is 5.06. The first kappa shape index (κ1) is 29.7. The molecule has 42 heavy (non-hydrogen) atoms. The average Bonchev–Trinajstić information content (AvgIpc) is 3.40. The Labute approximate surface area is 247 Å². The second kappa shape index (κ2) is 12.6. The number of carbonyl (C=O) groups is 1. The van der Waals surface area contributed by atoms with Crippen LogP contribution in [0, 0.1) is 19.7 Å². The molecule has 2 aromatic heterocycles. The van der Waals surface area contributed by atoms with E-state index in [9.17, 15) is 18.0 Å². The van der Waals surface area contributed by atoms with Gasteiger partial charge in [0.15, 0.2) is 0 Å². The second-order valence-electron chi connectivity index (χ2n) is 10.3. The summed E-state index contributed by atoms with van der Waals surface area (Å²) in [5, 5.41) is 6.07. The minimum absolute atomic E-state index is 0.00825. The third kappa shape index (κ3) is 6.80. The molecule has 0 bridgehead atoms. The van der Waals surface area contributed by atoms with E-state index in [2.05, 4.69) is 20.5 Å². The number of nitrogens with zero attached hydrogens (tertiary/aromatic N) is 3. The molecule has 1 aliphatic rings. The largest absolute Gasteiger partial charge is 0.385 e. The molecule has 3 N–H and O–H groups in total. The number of aryl methyl sites for hydroxylation is 2. The van der Waals surface area contributed by atoms with Crippen molar-refractivity contribution < 1.29 is 17.6 Å². The molecule has 1 fully saturated rings. The van der Waals surface area contributed by atoms with Gasteiger partial charge in [-0.1, -0.05) is 6.42 Å². The number of aromatic nitrogens is 2. The fraction of sp³-hybridized carbons (Fsp3) is 0.345. The van der Waals surface area contributed by atoms with Crippen molar-refractivity contribution in [1.29, 1.82) is 0 Å². The molecule has 4 aromatic rings. The molecule has 2 amide bonds. The van der Waals surface area contributed by atoms with Crippen molar-refractivity contribution in [3.8, 4) is 5.69 Å². The summed E-state index contributed by atoms with van der Waals surface area (Å²) in [5.74, 6) is -0.493. The Hall–Kier alpha value is -3.81. The van der Waals surface area contributed by atoms with Crippen molar-refractivity contribution in [2.24, 2.45) is 0 Å². The number of likely N-dealkylation sites (tertiary alicyclic amines) is 1. The summed E-state index contributed by atoms with van der Waals surface area (Å²) < 4.78 is 43.1. The Morgan fingerprint density at radius 2 is 1.79 bits per heavy atom. The van der Waals surface area contributed by atoms with E-state index in [4.69, 9.17) is 0 Å². The zero-order chi connectivity index (χ0) is 29.9. The Morgan fingerprint density at radius 1 is 1.02 bits per heavy atom. The van der Waals surface area contributed by atoms with Crippen LogP contribution in [0.5, 0.6) is 0 Å². The van der Waals surface area contributed by atoms with E-state index >= 15 is 4.39 Å². The number of rotatable bonds is 9. The molecule has 0 atom stereocenters. The zero-order valence-electron chi connectivity index (χ0n) is 23.4. The number of fused-ring (bicyclic) bond motifs is 1. The Bertz CT molecular complexity index is 1780. The topological polar surface area (TPSA) is 125 Å². The zero-order valence-corrected chi connectivity index (χ0v) is 25.1. The number of sulfonamides is 1. The van der Waals surface area contributed by atoms with Crippen LogP contribution in [0.4, 0.5) is 20.6 Å². The lowest BCUT2D eigenvalue weighted by molar-refractivity contribution is 0.228. The molecule has 222 valence electrons. The van der Waals surface area contributed by atoms with Gasteiger partial charge in [0.1, 0.15) is 15.9 Å². The molecule has 0 radical (unpaired) electrons. The van der Waals surface area contributed by atoms with Crippen molar-refractivity contribution in [3.63, 3.8) is 0 Å². The van der Waals surface area contributed by atoms with Gasteiger partial charge < -0.3 is 15.5 Å². The standard InChI is InChI=1S/C29H33FN6O4S2/c1-19-7-12-27(41-19)42(39,40)34-29(38)33-22-9-11-26(24(30)17-22)36-20(2)32-25-18-21(8-10-23(25)28(36)37)31-13-6-16-35-14-4-3-5-15-35/h7-12,17-18,31H,3-6,13-16H2,1-2H3,(H2,33,34,38). The van der Waals surface area contributed by atoms with Gasteiger partial charge in [0, 0.05) is 22.8 Å². The smallest absolute Gasteiger partial charge is 0.333 e. The SMILES string of the molecule is Cc1ccc(S(=O)(=O)NC(=O)Nc2ccc(-n3c(C)nc4cc(NCCCN5CCCCC5)ccc4c3=O)c(F)c2)s1. The summed E-state index contributed by atoms with van der Waals surface area (Å²) in [7, 11) is -4.06. The number of amides is 2. The molecule has 13 heteroatoms. The van der Waals surface area contributed by atoms with Crippen LogP contribution >= 0.6 is 11.3 Å². The Balaban J connectivity index is 1.27. The highest BCUT2D eigenvalue weighted by Crippen LogP contribution is 2.23. The van der Waals surface area contributed by atoms with E-state index < -0.39 is 27.4 Å². The number of nitrogens with one attached hydrogen (secondary N) is 3. The van der Waals surface area contributed by atoms with Crippen LogP contribution in [0.3, 0.4) is 0 Å². The van der Waals surface area contributed by atoms with E-state index in [1.165, 1.54) is 55.1 Å². The summed E-state index contributed by atoms with van der Waals surface area (Å²) in [6, 6.07) is 11.0. The van der Waals surface area contributed by atoms with Crippen LogP contribution in [0.15, 0.2) is 57.5 Å². The Kier molecular flexibility index (Phi) is 8.90.